The lowest BCUT2D eigenvalue weighted by Gasteiger charge is -2.12. The van der Waals surface area contributed by atoms with Crippen molar-refractivity contribution in [1.82, 2.24) is 19.4 Å². The molecule has 2 aromatic heterocycles. The Bertz CT molecular complexity index is 591. The number of likely N-dealkylation sites (N-methyl/N-ethyl adjacent to an activating group) is 1. The molecular weight excluding hydrogens is 252 g/mol. The SMILES string of the molecule is Cc1ccc2nc(CCl)n(CC(=O)N(C)C)c2n1. The Kier molecular flexibility index (Phi) is 3.52. The number of fused-ring (bicyclic) bond motifs is 1. The van der Waals surface area contributed by atoms with Crippen LogP contribution in [0.2, 0.25) is 0 Å². The first-order valence-electron chi connectivity index (χ1n) is 5.62. The largest absolute Gasteiger partial charge is 0.347 e. The van der Waals surface area contributed by atoms with Crippen molar-refractivity contribution in [2.45, 2.75) is 19.3 Å². The highest BCUT2D eigenvalue weighted by Crippen LogP contribution is 2.16. The van der Waals surface area contributed by atoms with Crippen LogP contribution in [0.1, 0.15) is 11.5 Å². The summed E-state index contributed by atoms with van der Waals surface area (Å²) in [6, 6.07) is 3.79. The Hall–Kier alpha value is -1.62. The lowest BCUT2D eigenvalue weighted by molar-refractivity contribution is -0.129. The summed E-state index contributed by atoms with van der Waals surface area (Å²) < 4.78 is 1.78. The van der Waals surface area contributed by atoms with Gasteiger partial charge in [0.2, 0.25) is 5.91 Å². The first kappa shape index (κ1) is 12.8. The van der Waals surface area contributed by atoms with Crippen molar-refractivity contribution in [3.63, 3.8) is 0 Å². The van der Waals surface area contributed by atoms with Crippen molar-refractivity contribution in [1.29, 1.82) is 0 Å². The number of imidazole rings is 1. The third-order valence-electron chi connectivity index (χ3n) is 2.72. The third kappa shape index (κ3) is 2.31. The minimum atomic E-state index is -0.0102. The molecule has 2 rings (SSSR count). The summed E-state index contributed by atoms with van der Waals surface area (Å²) in [6.45, 7) is 2.12. The van der Waals surface area contributed by atoms with Crippen LogP contribution in [0.4, 0.5) is 0 Å². The molecule has 2 aromatic rings. The van der Waals surface area contributed by atoms with Crippen LogP contribution in [-0.4, -0.2) is 39.4 Å². The first-order valence-corrected chi connectivity index (χ1v) is 6.15. The Morgan fingerprint density at radius 2 is 2.11 bits per heavy atom. The Labute approximate surface area is 110 Å². The van der Waals surface area contributed by atoms with E-state index < -0.39 is 0 Å². The first-order chi connectivity index (χ1) is 8.52. The van der Waals surface area contributed by atoms with Gasteiger partial charge in [-0.05, 0) is 19.1 Å². The van der Waals surface area contributed by atoms with Crippen LogP contribution in [0.15, 0.2) is 12.1 Å². The number of amides is 1. The standard InChI is InChI=1S/C12H15ClN4O/c1-8-4-5-9-12(14-8)17(10(6-13)15-9)7-11(18)16(2)3/h4-5H,6-7H2,1-3H3. The second-order valence-electron chi connectivity index (χ2n) is 4.33. The molecule has 0 aliphatic rings. The zero-order valence-corrected chi connectivity index (χ0v) is 11.4. The van der Waals surface area contributed by atoms with E-state index in [4.69, 9.17) is 11.6 Å². The molecule has 2 heterocycles. The van der Waals surface area contributed by atoms with E-state index in [0.29, 0.717) is 11.5 Å². The lowest BCUT2D eigenvalue weighted by atomic mass is 10.3. The van der Waals surface area contributed by atoms with Gasteiger partial charge < -0.3 is 9.47 Å². The van der Waals surface area contributed by atoms with Gasteiger partial charge in [-0.1, -0.05) is 0 Å². The number of aryl methyl sites for hydroxylation is 1. The Morgan fingerprint density at radius 3 is 2.72 bits per heavy atom. The summed E-state index contributed by atoms with van der Waals surface area (Å²) >= 11 is 5.87. The topological polar surface area (TPSA) is 51.0 Å². The molecule has 96 valence electrons. The molecule has 0 fully saturated rings. The fourth-order valence-electron chi connectivity index (χ4n) is 1.69. The minimum Gasteiger partial charge on any atom is -0.347 e. The smallest absolute Gasteiger partial charge is 0.242 e. The molecule has 0 aliphatic carbocycles. The molecule has 6 heteroatoms. The zero-order valence-electron chi connectivity index (χ0n) is 10.6. The molecule has 0 saturated carbocycles. The molecule has 0 spiro atoms. The number of halogens is 1. The molecule has 0 N–H and O–H groups in total. The highest BCUT2D eigenvalue weighted by molar-refractivity contribution is 6.16. The van der Waals surface area contributed by atoms with Gasteiger partial charge in [0.15, 0.2) is 5.65 Å². The number of hydrogen-bond donors (Lipinski definition) is 0. The van der Waals surface area contributed by atoms with Crippen LogP contribution >= 0.6 is 11.6 Å². The molecule has 5 nitrogen and oxygen atoms in total. The van der Waals surface area contributed by atoms with Crippen LogP contribution < -0.4 is 0 Å². The van der Waals surface area contributed by atoms with Gasteiger partial charge in [0.1, 0.15) is 17.9 Å². The second-order valence-corrected chi connectivity index (χ2v) is 4.60. The number of nitrogens with zero attached hydrogens (tertiary/aromatic N) is 4. The van der Waals surface area contributed by atoms with Gasteiger partial charge in [-0.2, -0.15) is 0 Å². The number of aromatic nitrogens is 3. The maximum Gasteiger partial charge on any atom is 0.242 e. The van der Waals surface area contributed by atoms with Gasteiger partial charge in [-0.15, -0.1) is 11.6 Å². The fraction of sp³-hybridized carbons (Fsp3) is 0.417. The minimum absolute atomic E-state index is 0.0102. The highest BCUT2D eigenvalue weighted by Gasteiger charge is 2.15. The normalized spacial score (nSPS) is 10.9. The van der Waals surface area contributed by atoms with Crippen molar-refractivity contribution in [2.24, 2.45) is 0 Å². The van der Waals surface area contributed by atoms with E-state index in [0.717, 1.165) is 11.2 Å². The van der Waals surface area contributed by atoms with E-state index >= 15 is 0 Å². The van der Waals surface area contributed by atoms with Crippen molar-refractivity contribution in [2.75, 3.05) is 14.1 Å². The average molecular weight is 267 g/mol. The van der Waals surface area contributed by atoms with Gasteiger partial charge in [-0.25, -0.2) is 9.97 Å². The summed E-state index contributed by atoms with van der Waals surface area (Å²) in [5.41, 5.74) is 2.37. The molecule has 0 aromatic carbocycles. The van der Waals surface area contributed by atoms with E-state index in [1.54, 1.807) is 23.6 Å². The quantitative estimate of drug-likeness (QED) is 0.793. The molecule has 18 heavy (non-hydrogen) atoms. The van der Waals surface area contributed by atoms with E-state index in [-0.39, 0.29) is 18.3 Å². The van der Waals surface area contributed by atoms with E-state index in [1.165, 1.54) is 0 Å². The molecule has 0 aliphatic heterocycles. The van der Waals surface area contributed by atoms with Gasteiger partial charge in [0, 0.05) is 19.8 Å². The second kappa shape index (κ2) is 4.94. The third-order valence-corrected chi connectivity index (χ3v) is 2.96. The molecular formula is C12H15ClN4O. The predicted octanol–water partition coefficient (Wildman–Crippen LogP) is 1.57. The maximum atomic E-state index is 11.8. The molecule has 1 amide bonds. The fourth-order valence-corrected chi connectivity index (χ4v) is 1.89. The number of alkyl halides is 1. The molecule has 0 bridgehead atoms. The van der Waals surface area contributed by atoms with Crippen LogP contribution in [0.3, 0.4) is 0 Å². The van der Waals surface area contributed by atoms with E-state index in [9.17, 15) is 4.79 Å². The van der Waals surface area contributed by atoms with Crippen LogP contribution in [0.25, 0.3) is 11.2 Å². The van der Waals surface area contributed by atoms with Gasteiger partial charge >= 0.3 is 0 Å². The average Bonchev–Trinajstić information content (AvgIpc) is 2.67. The summed E-state index contributed by atoms with van der Waals surface area (Å²) in [6.07, 6.45) is 0. The predicted molar refractivity (Wildman–Crippen MR) is 70.5 cm³/mol. The molecule has 0 saturated heterocycles. The summed E-state index contributed by atoms with van der Waals surface area (Å²) in [4.78, 5) is 22.2. The van der Waals surface area contributed by atoms with Crippen LogP contribution in [-0.2, 0) is 17.2 Å². The van der Waals surface area contributed by atoms with Crippen molar-refractivity contribution in [3.05, 3.63) is 23.7 Å². The molecule has 0 radical (unpaired) electrons. The summed E-state index contributed by atoms with van der Waals surface area (Å²) in [5, 5.41) is 0. The number of carbonyl (C=O) groups excluding carboxylic acids is 1. The number of carbonyl (C=O) groups is 1. The van der Waals surface area contributed by atoms with Crippen molar-refractivity contribution >= 4 is 28.7 Å². The Balaban J connectivity index is 2.52. The Morgan fingerprint density at radius 1 is 1.39 bits per heavy atom. The van der Waals surface area contributed by atoms with E-state index in [1.807, 2.05) is 19.1 Å². The van der Waals surface area contributed by atoms with Crippen molar-refractivity contribution < 1.29 is 4.79 Å². The van der Waals surface area contributed by atoms with Gasteiger partial charge in [0.25, 0.3) is 0 Å². The maximum absolute atomic E-state index is 11.8. The molecule has 0 atom stereocenters. The van der Waals surface area contributed by atoms with Crippen LogP contribution in [0.5, 0.6) is 0 Å². The van der Waals surface area contributed by atoms with E-state index in [2.05, 4.69) is 9.97 Å². The number of pyridine rings is 1. The van der Waals surface area contributed by atoms with Gasteiger partial charge in [0.05, 0.1) is 5.88 Å². The summed E-state index contributed by atoms with van der Waals surface area (Å²) in [5.74, 6) is 0.916. The summed E-state index contributed by atoms with van der Waals surface area (Å²) in [7, 11) is 3.45. The molecule has 0 unspecified atom stereocenters. The monoisotopic (exact) mass is 266 g/mol. The lowest BCUT2D eigenvalue weighted by Crippen LogP contribution is -2.27. The van der Waals surface area contributed by atoms with Gasteiger partial charge in [-0.3, -0.25) is 4.79 Å². The number of rotatable bonds is 3. The highest BCUT2D eigenvalue weighted by atomic mass is 35.5. The van der Waals surface area contributed by atoms with Crippen molar-refractivity contribution in [3.8, 4) is 0 Å². The zero-order chi connectivity index (χ0) is 13.3. The number of hydrogen-bond acceptors (Lipinski definition) is 3. The van der Waals surface area contributed by atoms with Crippen LogP contribution in [0, 0.1) is 6.92 Å².